The van der Waals surface area contributed by atoms with Gasteiger partial charge >= 0.3 is 5.97 Å². The van der Waals surface area contributed by atoms with Gasteiger partial charge in [-0.05, 0) is 44.4 Å². The summed E-state index contributed by atoms with van der Waals surface area (Å²) >= 11 is 0. The van der Waals surface area contributed by atoms with Crippen LogP contribution in [0.2, 0.25) is 0 Å². The standard InChI is InChI=1S/C20H29N3O4/c1-4-18(24)22-17-8-6-7-16(14(17)3)21-13-19(25)23-11-9-15(10-12-23)20(26)27-5-2/h6-8,15,21H,4-5,9-13H2,1-3H3,(H,22,24). The van der Waals surface area contributed by atoms with Crippen LogP contribution in [0.3, 0.4) is 0 Å². The molecule has 0 radical (unpaired) electrons. The Morgan fingerprint density at radius 2 is 1.81 bits per heavy atom. The van der Waals surface area contributed by atoms with Crippen molar-refractivity contribution in [3.05, 3.63) is 23.8 Å². The van der Waals surface area contributed by atoms with Gasteiger partial charge in [-0.15, -0.1) is 0 Å². The van der Waals surface area contributed by atoms with Crippen LogP contribution in [0.1, 0.15) is 38.7 Å². The normalized spacial score (nSPS) is 14.6. The predicted molar refractivity (Wildman–Crippen MR) is 105 cm³/mol. The van der Waals surface area contributed by atoms with Gasteiger partial charge in [-0.25, -0.2) is 0 Å². The van der Waals surface area contributed by atoms with E-state index in [4.69, 9.17) is 4.74 Å². The highest BCUT2D eigenvalue weighted by Crippen LogP contribution is 2.24. The number of carbonyl (C=O) groups is 3. The number of nitrogens with one attached hydrogen (secondary N) is 2. The molecule has 1 heterocycles. The van der Waals surface area contributed by atoms with Gasteiger partial charge in [0.2, 0.25) is 11.8 Å². The highest BCUT2D eigenvalue weighted by atomic mass is 16.5. The second kappa shape index (κ2) is 9.94. The van der Waals surface area contributed by atoms with Crippen LogP contribution in [0.15, 0.2) is 18.2 Å². The number of anilines is 2. The molecule has 0 atom stereocenters. The monoisotopic (exact) mass is 375 g/mol. The van der Waals surface area contributed by atoms with Gasteiger partial charge in [0.15, 0.2) is 0 Å². The van der Waals surface area contributed by atoms with Crippen molar-refractivity contribution in [1.82, 2.24) is 4.90 Å². The first-order valence-electron chi connectivity index (χ1n) is 9.54. The van der Waals surface area contributed by atoms with Crippen molar-refractivity contribution in [2.75, 3.05) is 36.9 Å². The first-order valence-corrected chi connectivity index (χ1v) is 9.54. The van der Waals surface area contributed by atoms with Crippen LogP contribution in [-0.4, -0.2) is 48.9 Å². The number of nitrogens with zero attached hydrogens (tertiary/aromatic N) is 1. The molecule has 1 aromatic carbocycles. The number of amides is 2. The molecule has 2 N–H and O–H groups in total. The maximum Gasteiger partial charge on any atom is 0.309 e. The third kappa shape index (κ3) is 5.70. The Morgan fingerprint density at radius 1 is 1.15 bits per heavy atom. The number of carbonyl (C=O) groups excluding carboxylic acids is 3. The highest BCUT2D eigenvalue weighted by Gasteiger charge is 2.28. The average molecular weight is 375 g/mol. The first kappa shape index (κ1) is 20.7. The van der Waals surface area contributed by atoms with Crippen molar-refractivity contribution in [1.29, 1.82) is 0 Å². The van der Waals surface area contributed by atoms with E-state index in [1.807, 2.05) is 25.1 Å². The first-order chi connectivity index (χ1) is 13.0. The van der Waals surface area contributed by atoms with Crippen molar-refractivity contribution in [2.45, 2.75) is 40.0 Å². The zero-order valence-electron chi connectivity index (χ0n) is 16.3. The molecule has 1 aliphatic rings. The fourth-order valence-electron chi connectivity index (χ4n) is 3.11. The molecule has 1 saturated heterocycles. The summed E-state index contributed by atoms with van der Waals surface area (Å²) in [7, 11) is 0. The second-order valence-electron chi connectivity index (χ2n) is 6.64. The molecule has 0 spiro atoms. The van der Waals surface area contributed by atoms with Crippen LogP contribution in [-0.2, 0) is 19.1 Å². The number of piperidine rings is 1. The molecule has 2 amide bonds. The van der Waals surface area contributed by atoms with Crippen molar-refractivity contribution < 1.29 is 19.1 Å². The molecule has 1 aromatic rings. The molecule has 1 fully saturated rings. The van der Waals surface area contributed by atoms with E-state index in [1.165, 1.54) is 0 Å². The third-order valence-corrected chi connectivity index (χ3v) is 4.83. The van der Waals surface area contributed by atoms with Gasteiger partial charge in [0, 0.05) is 30.9 Å². The van der Waals surface area contributed by atoms with Crippen LogP contribution in [0, 0.1) is 12.8 Å². The molecule has 148 valence electrons. The number of esters is 1. The van der Waals surface area contributed by atoms with Gasteiger partial charge in [0.1, 0.15) is 0 Å². The van der Waals surface area contributed by atoms with E-state index in [0.29, 0.717) is 39.0 Å². The Morgan fingerprint density at radius 3 is 2.44 bits per heavy atom. The number of hydrogen-bond acceptors (Lipinski definition) is 5. The highest BCUT2D eigenvalue weighted by molar-refractivity contribution is 5.92. The zero-order chi connectivity index (χ0) is 19.8. The van der Waals surface area contributed by atoms with E-state index >= 15 is 0 Å². The van der Waals surface area contributed by atoms with E-state index in [-0.39, 0.29) is 30.2 Å². The van der Waals surface area contributed by atoms with E-state index in [2.05, 4.69) is 10.6 Å². The molecule has 27 heavy (non-hydrogen) atoms. The Balaban J connectivity index is 1.87. The van der Waals surface area contributed by atoms with E-state index in [1.54, 1.807) is 18.7 Å². The van der Waals surface area contributed by atoms with E-state index in [0.717, 1.165) is 16.9 Å². The van der Waals surface area contributed by atoms with Gasteiger partial charge < -0.3 is 20.3 Å². The topological polar surface area (TPSA) is 87.7 Å². The largest absolute Gasteiger partial charge is 0.466 e. The smallest absolute Gasteiger partial charge is 0.309 e. The lowest BCUT2D eigenvalue weighted by molar-refractivity contribution is -0.151. The van der Waals surface area contributed by atoms with Gasteiger partial charge in [0.25, 0.3) is 0 Å². The number of hydrogen-bond donors (Lipinski definition) is 2. The summed E-state index contributed by atoms with van der Waals surface area (Å²) in [5, 5.41) is 6.02. The quantitative estimate of drug-likeness (QED) is 0.715. The molecule has 0 bridgehead atoms. The minimum Gasteiger partial charge on any atom is -0.466 e. The number of ether oxygens (including phenoxy) is 1. The Labute approximate surface area is 160 Å². The molecule has 0 aromatic heterocycles. The van der Waals surface area contributed by atoms with Crippen molar-refractivity contribution in [2.24, 2.45) is 5.92 Å². The minimum absolute atomic E-state index is 0.000273. The third-order valence-electron chi connectivity index (χ3n) is 4.83. The van der Waals surface area contributed by atoms with Crippen LogP contribution in [0.25, 0.3) is 0 Å². The number of likely N-dealkylation sites (tertiary alicyclic amines) is 1. The fraction of sp³-hybridized carbons (Fsp3) is 0.550. The van der Waals surface area contributed by atoms with Crippen LogP contribution >= 0.6 is 0 Å². The van der Waals surface area contributed by atoms with Crippen LogP contribution < -0.4 is 10.6 Å². The molecule has 0 aliphatic carbocycles. The summed E-state index contributed by atoms with van der Waals surface area (Å²) < 4.78 is 5.06. The van der Waals surface area contributed by atoms with Gasteiger partial charge in [-0.3, -0.25) is 14.4 Å². The molecule has 0 unspecified atom stereocenters. The lowest BCUT2D eigenvalue weighted by Crippen LogP contribution is -2.43. The van der Waals surface area contributed by atoms with Crippen molar-refractivity contribution >= 4 is 29.2 Å². The summed E-state index contributed by atoms with van der Waals surface area (Å²) in [6.45, 7) is 7.20. The van der Waals surface area contributed by atoms with Gasteiger partial charge in [-0.1, -0.05) is 13.0 Å². The molecule has 7 nitrogen and oxygen atoms in total. The lowest BCUT2D eigenvalue weighted by Gasteiger charge is -2.31. The summed E-state index contributed by atoms with van der Waals surface area (Å²) in [5.74, 6) is -0.317. The molecule has 1 aliphatic heterocycles. The minimum atomic E-state index is -0.163. The van der Waals surface area contributed by atoms with Crippen molar-refractivity contribution in [3.8, 4) is 0 Å². The van der Waals surface area contributed by atoms with Crippen LogP contribution in [0.4, 0.5) is 11.4 Å². The molecule has 2 rings (SSSR count). The zero-order valence-corrected chi connectivity index (χ0v) is 16.3. The summed E-state index contributed by atoms with van der Waals surface area (Å²) in [4.78, 5) is 37.6. The maximum absolute atomic E-state index is 12.5. The Kier molecular flexibility index (Phi) is 7.64. The summed E-state index contributed by atoms with van der Waals surface area (Å²) in [6, 6.07) is 5.57. The molecule has 7 heteroatoms. The van der Waals surface area contributed by atoms with Crippen molar-refractivity contribution in [3.63, 3.8) is 0 Å². The lowest BCUT2D eigenvalue weighted by atomic mass is 9.97. The SMILES string of the molecule is CCOC(=O)C1CCN(C(=O)CNc2cccc(NC(=O)CC)c2C)CC1. The fourth-order valence-corrected chi connectivity index (χ4v) is 3.11. The van der Waals surface area contributed by atoms with Crippen LogP contribution in [0.5, 0.6) is 0 Å². The van der Waals surface area contributed by atoms with E-state index in [9.17, 15) is 14.4 Å². The average Bonchev–Trinajstić information content (AvgIpc) is 2.68. The molecule has 0 saturated carbocycles. The van der Waals surface area contributed by atoms with Gasteiger partial charge in [-0.2, -0.15) is 0 Å². The van der Waals surface area contributed by atoms with Gasteiger partial charge in [0.05, 0.1) is 19.1 Å². The molecular weight excluding hydrogens is 346 g/mol. The predicted octanol–water partition coefficient (Wildman–Crippen LogP) is 2.56. The second-order valence-corrected chi connectivity index (χ2v) is 6.64. The number of rotatable bonds is 7. The van der Waals surface area contributed by atoms with E-state index < -0.39 is 0 Å². The Bertz CT molecular complexity index is 682. The summed E-state index contributed by atoms with van der Waals surface area (Å²) in [6.07, 6.45) is 1.70. The number of benzene rings is 1. The summed E-state index contributed by atoms with van der Waals surface area (Å²) in [5.41, 5.74) is 2.46. The maximum atomic E-state index is 12.5. The Hall–Kier alpha value is -2.57. The molecular formula is C20H29N3O4.